The van der Waals surface area contributed by atoms with Crippen molar-refractivity contribution < 1.29 is 13.2 Å². The second kappa shape index (κ2) is 5.53. The molecule has 0 saturated carbocycles. The minimum Gasteiger partial charge on any atom is -0.320 e. The fourth-order valence-corrected chi connectivity index (χ4v) is 2.21. The molecule has 0 spiro atoms. The molecule has 0 bridgehead atoms. The number of hydrogen-bond donors (Lipinski definition) is 1. The minimum atomic E-state index is -0.973. The molecule has 2 N–H and O–H groups in total. The summed E-state index contributed by atoms with van der Waals surface area (Å²) < 4.78 is 40.4. The molecule has 0 radical (unpaired) electrons. The normalized spacial score (nSPS) is 13.3. The molecule has 21 heavy (non-hydrogen) atoms. The van der Waals surface area contributed by atoms with Gasteiger partial charge in [-0.3, -0.25) is 0 Å². The van der Waals surface area contributed by atoms with Gasteiger partial charge in [0.1, 0.15) is 17.5 Å². The molecule has 1 atom stereocenters. The summed E-state index contributed by atoms with van der Waals surface area (Å²) in [5.41, 5.74) is 7.26. The van der Waals surface area contributed by atoms with Crippen LogP contribution in [-0.2, 0) is 5.41 Å². The van der Waals surface area contributed by atoms with Crippen molar-refractivity contribution in [1.29, 1.82) is 0 Å². The van der Waals surface area contributed by atoms with Gasteiger partial charge in [-0.1, -0.05) is 45.0 Å². The Morgan fingerprint density at radius 3 is 1.81 bits per heavy atom. The van der Waals surface area contributed by atoms with Crippen LogP contribution in [0.4, 0.5) is 13.2 Å². The predicted octanol–water partition coefficient (Wildman–Crippen LogP) is 4.45. The molecular weight excluding hydrogens is 275 g/mol. The zero-order valence-electron chi connectivity index (χ0n) is 12.3. The molecule has 1 unspecified atom stereocenters. The van der Waals surface area contributed by atoms with Crippen LogP contribution in [-0.4, -0.2) is 0 Å². The molecule has 2 rings (SSSR count). The van der Waals surface area contributed by atoms with Crippen molar-refractivity contribution in [2.75, 3.05) is 0 Å². The zero-order chi connectivity index (χ0) is 15.8. The molecule has 0 saturated heterocycles. The molecule has 4 heteroatoms. The minimum absolute atomic E-state index is 0.0188. The maximum absolute atomic E-state index is 13.8. The van der Waals surface area contributed by atoms with Crippen molar-refractivity contribution in [3.8, 4) is 0 Å². The van der Waals surface area contributed by atoms with Crippen LogP contribution >= 0.6 is 0 Å². The standard InChI is InChI=1S/C17H18F3N/c1-17(2,3)11-6-4-10(5-7-11)16(21)15-13(19)8-12(18)9-14(15)20/h4-9,16H,21H2,1-3H3. The molecule has 2 aromatic rings. The first kappa shape index (κ1) is 15.6. The Morgan fingerprint density at radius 1 is 0.905 bits per heavy atom. The first-order valence-electron chi connectivity index (χ1n) is 6.70. The van der Waals surface area contributed by atoms with Gasteiger partial charge < -0.3 is 5.73 Å². The molecule has 112 valence electrons. The molecule has 1 nitrogen and oxygen atoms in total. The van der Waals surface area contributed by atoms with Crippen LogP contribution in [0.2, 0.25) is 0 Å². The topological polar surface area (TPSA) is 26.0 Å². The van der Waals surface area contributed by atoms with Gasteiger partial charge in [-0.15, -0.1) is 0 Å². The number of hydrogen-bond acceptors (Lipinski definition) is 1. The molecule has 0 aliphatic rings. The van der Waals surface area contributed by atoms with E-state index in [9.17, 15) is 13.2 Å². The molecule has 0 aromatic heterocycles. The molecular formula is C17H18F3N. The number of rotatable bonds is 2. The maximum atomic E-state index is 13.8. The van der Waals surface area contributed by atoms with Crippen LogP contribution in [0.15, 0.2) is 36.4 Å². The average molecular weight is 293 g/mol. The van der Waals surface area contributed by atoms with Gasteiger partial charge in [0.2, 0.25) is 0 Å². The lowest BCUT2D eigenvalue weighted by Gasteiger charge is -2.20. The van der Waals surface area contributed by atoms with Crippen molar-refractivity contribution >= 4 is 0 Å². The molecule has 2 aromatic carbocycles. The van der Waals surface area contributed by atoms with E-state index < -0.39 is 23.5 Å². The maximum Gasteiger partial charge on any atom is 0.134 e. The van der Waals surface area contributed by atoms with Gasteiger partial charge in [-0.25, -0.2) is 13.2 Å². The summed E-state index contributed by atoms with van der Waals surface area (Å²) >= 11 is 0. The van der Waals surface area contributed by atoms with E-state index in [0.717, 1.165) is 5.56 Å². The van der Waals surface area contributed by atoms with Gasteiger partial charge in [0.15, 0.2) is 0 Å². The van der Waals surface area contributed by atoms with E-state index in [0.29, 0.717) is 17.7 Å². The van der Waals surface area contributed by atoms with Crippen LogP contribution in [0, 0.1) is 17.5 Å². The zero-order valence-corrected chi connectivity index (χ0v) is 12.3. The van der Waals surface area contributed by atoms with E-state index in [1.807, 2.05) is 12.1 Å². The summed E-state index contributed by atoms with van der Waals surface area (Å²) in [5.74, 6) is -2.90. The van der Waals surface area contributed by atoms with Crippen molar-refractivity contribution in [1.82, 2.24) is 0 Å². The summed E-state index contributed by atoms with van der Waals surface area (Å²) in [6.07, 6.45) is 0. The van der Waals surface area contributed by atoms with Gasteiger partial charge in [0, 0.05) is 17.7 Å². The summed E-state index contributed by atoms with van der Waals surface area (Å²) in [5, 5.41) is 0. The SMILES string of the molecule is CC(C)(C)c1ccc(C(N)c2c(F)cc(F)cc2F)cc1. The van der Waals surface area contributed by atoms with Gasteiger partial charge in [0.05, 0.1) is 6.04 Å². The Bertz CT molecular complexity index is 619. The van der Waals surface area contributed by atoms with E-state index in [-0.39, 0.29) is 11.0 Å². The summed E-state index contributed by atoms with van der Waals surface area (Å²) in [7, 11) is 0. The Labute approximate surface area is 122 Å². The van der Waals surface area contributed by atoms with E-state index in [2.05, 4.69) is 20.8 Å². The van der Waals surface area contributed by atoms with Gasteiger partial charge in [-0.2, -0.15) is 0 Å². The van der Waals surface area contributed by atoms with Crippen LogP contribution in [0.5, 0.6) is 0 Å². The Balaban J connectivity index is 2.39. The van der Waals surface area contributed by atoms with Crippen LogP contribution in [0.1, 0.15) is 43.5 Å². The molecule has 0 aliphatic carbocycles. The van der Waals surface area contributed by atoms with Crippen LogP contribution in [0.3, 0.4) is 0 Å². The second-order valence-corrected chi connectivity index (χ2v) is 6.13. The molecule has 0 aliphatic heterocycles. The molecule has 0 heterocycles. The van der Waals surface area contributed by atoms with E-state index >= 15 is 0 Å². The Kier molecular flexibility index (Phi) is 4.10. The highest BCUT2D eigenvalue weighted by molar-refractivity contribution is 5.36. The monoisotopic (exact) mass is 293 g/mol. The Morgan fingerprint density at radius 2 is 1.38 bits per heavy atom. The van der Waals surface area contributed by atoms with Crippen molar-refractivity contribution in [2.24, 2.45) is 5.73 Å². The lowest BCUT2D eigenvalue weighted by molar-refractivity contribution is 0.515. The molecule has 0 amide bonds. The summed E-state index contributed by atoms with van der Waals surface area (Å²) in [6, 6.07) is 7.56. The lowest BCUT2D eigenvalue weighted by atomic mass is 9.86. The highest BCUT2D eigenvalue weighted by atomic mass is 19.1. The quantitative estimate of drug-likeness (QED) is 0.869. The number of benzene rings is 2. The second-order valence-electron chi connectivity index (χ2n) is 6.13. The first-order chi connectivity index (χ1) is 9.70. The lowest BCUT2D eigenvalue weighted by Crippen LogP contribution is -2.17. The van der Waals surface area contributed by atoms with E-state index in [1.54, 1.807) is 12.1 Å². The average Bonchev–Trinajstić information content (AvgIpc) is 2.36. The van der Waals surface area contributed by atoms with Gasteiger partial charge in [0.25, 0.3) is 0 Å². The van der Waals surface area contributed by atoms with Crippen molar-refractivity contribution in [2.45, 2.75) is 32.2 Å². The van der Waals surface area contributed by atoms with Crippen molar-refractivity contribution in [3.05, 3.63) is 70.5 Å². The van der Waals surface area contributed by atoms with Gasteiger partial charge >= 0.3 is 0 Å². The fourth-order valence-electron chi connectivity index (χ4n) is 2.21. The fraction of sp³-hybridized carbons (Fsp3) is 0.294. The van der Waals surface area contributed by atoms with Crippen LogP contribution < -0.4 is 5.73 Å². The highest BCUT2D eigenvalue weighted by Gasteiger charge is 2.20. The summed E-state index contributed by atoms with van der Waals surface area (Å²) in [4.78, 5) is 0. The van der Waals surface area contributed by atoms with E-state index in [4.69, 9.17) is 5.73 Å². The van der Waals surface area contributed by atoms with Gasteiger partial charge in [-0.05, 0) is 16.5 Å². The highest BCUT2D eigenvalue weighted by Crippen LogP contribution is 2.28. The first-order valence-corrected chi connectivity index (χ1v) is 6.70. The predicted molar refractivity (Wildman–Crippen MR) is 77.5 cm³/mol. The Hall–Kier alpha value is -1.81. The van der Waals surface area contributed by atoms with Crippen molar-refractivity contribution in [3.63, 3.8) is 0 Å². The third-order valence-corrected chi connectivity index (χ3v) is 3.49. The third kappa shape index (κ3) is 3.27. The van der Waals surface area contributed by atoms with E-state index in [1.165, 1.54) is 0 Å². The third-order valence-electron chi connectivity index (χ3n) is 3.49. The summed E-state index contributed by atoms with van der Waals surface area (Å²) in [6.45, 7) is 6.21. The molecule has 0 fully saturated rings. The number of halogens is 3. The number of nitrogens with two attached hydrogens (primary N) is 1. The smallest absolute Gasteiger partial charge is 0.134 e. The van der Waals surface area contributed by atoms with Crippen LogP contribution in [0.25, 0.3) is 0 Å². The largest absolute Gasteiger partial charge is 0.320 e.